The average Bonchev–Trinajstić information content (AvgIpc) is 2.85. The molecule has 1 heterocycles. The minimum atomic E-state index is -0.0282. The molecule has 33 heavy (non-hydrogen) atoms. The molecule has 1 unspecified atom stereocenters. The summed E-state index contributed by atoms with van der Waals surface area (Å²) in [6.07, 6.45) is 14.5. The van der Waals surface area contributed by atoms with Crippen LogP contribution in [0.4, 0.5) is 0 Å². The molecule has 0 saturated heterocycles. The van der Waals surface area contributed by atoms with E-state index >= 15 is 0 Å². The third-order valence-corrected chi connectivity index (χ3v) is 6.15. The Balaban J connectivity index is 1.66. The van der Waals surface area contributed by atoms with Crippen molar-refractivity contribution < 1.29 is 9.53 Å². The average molecular weight is 445 g/mol. The second kappa shape index (κ2) is 12.8. The number of methoxy groups -OCH3 is 1. The monoisotopic (exact) mass is 444 g/mol. The number of nitrogens with zero attached hydrogens (tertiary/aromatic N) is 1. The molecular formula is C29H36N2O2. The number of hydrogen-bond donors (Lipinski definition) is 1. The third kappa shape index (κ3) is 7.18. The van der Waals surface area contributed by atoms with Crippen LogP contribution in [0, 0.1) is 0 Å². The minimum Gasteiger partial charge on any atom is -0.497 e. The van der Waals surface area contributed by atoms with Gasteiger partial charge in [0.2, 0.25) is 5.91 Å². The van der Waals surface area contributed by atoms with Crippen molar-refractivity contribution in [2.45, 2.75) is 64.8 Å². The molecule has 4 nitrogen and oxygen atoms in total. The lowest BCUT2D eigenvalue weighted by Gasteiger charge is -2.16. The first kappa shape index (κ1) is 24.5. The Morgan fingerprint density at radius 1 is 1.12 bits per heavy atom. The van der Waals surface area contributed by atoms with Gasteiger partial charge in [-0.3, -0.25) is 9.78 Å². The van der Waals surface area contributed by atoms with Crippen LogP contribution in [0.2, 0.25) is 0 Å². The molecule has 0 bridgehead atoms. The molecule has 0 spiro atoms. The number of hydrogen-bond acceptors (Lipinski definition) is 3. The zero-order chi connectivity index (χ0) is 23.5. The Bertz CT molecular complexity index is 1060. The Labute approximate surface area is 198 Å². The van der Waals surface area contributed by atoms with E-state index in [0.717, 1.165) is 56.3 Å². The normalized spacial score (nSPS) is 12.2. The first-order chi connectivity index (χ1) is 16.1. The van der Waals surface area contributed by atoms with E-state index in [9.17, 15) is 4.79 Å². The molecule has 0 radical (unpaired) electrons. The van der Waals surface area contributed by atoms with Gasteiger partial charge in [0.15, 0.2) is 0 Å². The number of ether oxygens (including phenoxy) is 1. The van der Waals surface area contributed by atoms with Crippen LogP contribution in [0.1, 0.15) is 62.6 Å². The molecule has 1 N–H and O–H groups in total. The second-order valence-corrected chi connectivity index (χ2v) is 8.52. The predicted molar refractivity (Wildman–Crippen MR) is 138 cm³/mol. The predicted octanol–water partition coefficient (Wildman–Crippen LogP) is 6.52. The molecule has 3 rings (SSSR count). The third-order valence-electron chi connectivity index (χ3n) is 6.15. The summed E-state index contributed by atoms with van der Waals surface area (Å²) >= 11 is 0. The van der Waals surface area contributed by atoms with Crippen molar-refractivity contribution in [3.05, 3.63) is 77.6 Å². The van der Waals surface area contributed by atoms with Crippen LogP contribution in [0.5, 0.6) is 5.75 Å². The number of benzene rings is 2. The van der Waals surface area contributed by atoms with Gasteiger partial charge in [-0.25, -0.2) is 0 Å². The number of pyridine rings is 1. The maximum absolute atomic E-state index is 12.7. The summed E-state index contributed by atoms with van der Waals surface area (Å²) in [7, 11) is 1.69. The van der Waals surface area contributed by atoms with Gasteiger partial charge >= 0.3 is 0 Å². The van der Waals surface area contributed by atoms with Crippen LogP contribution in [-0.2, 0) is 17.6 Å². The molecule has 3 aromatic rings. The van der Waals surface area contributed by atoms with Crippen LogP contribution in [0.15, 0.2) is 60.9 Å². The van der Waals surface area contributed by atoms with E-state index in [1.807, 2.05) is 24.4 Å². The minimum absolute atomic E-state index is 0.0282. The fraction of sp³-hybridized carbons (Fsp3) is 0.379. The van der Waals surface area contributed by atoms with Crippen molar-refractivity contribution >= 4 is 22.8 Å². The molecule has 1 atom stereocenters. The number of amides is 1. The Morgan fingerprint density at radius 2 is 2.00 bits per heavy atom. The van der Waals surface area contributed by atoms with Gasteiger partial charge in [-0.05, 0) is 90.3 Å². The number of carbonyl (C=O) groups is 1. The van der Waals surface area contributed by atoms with Crippen molar-refractivity contribution in [2.75, 3.05) is 7.11 Å². The molecule has 174 valence electrons. The number of carbonyl (C=O) groups excluding carboxylic acids is 1. The van der Waals surface area contributed by atoms with Crippen LogP contribution in [0.3, 0.4) is 0 Å². The Morgan fingerprint density at radius 3 is 2.73 bits per heavy atom. The fourth-order valence-electron chi connectivity index (χ4n) is 4.20. The van der Waals surface area contributed by atoms with Crippen molar-refractivity contribution in [1.29, 1.82) is 0 Å². The molecule has 0 saturated carbocycles. The van der Waals surface area contributed by atoms with Gasteiger partial charge in [0.1, 0.15) is 5.75 Å². The van der Waals surface area contributed by atoms with Gasteiger partial charge in [-0.1, -0.05) is 44.5 Å². The molecule has 0 aliphatic heterocycles. The topological polar surface area (TPSA) is 51.2 Å². The van der Waals surface area contributed by atoms with Crippen LogP contribution in [-0.4, -0.2) is 24.0 Å². The van der Waals surface area contributed by atoms with E-state index in [4.69, 9.17) is 4.74 Å². The summed E-state index contributed by atoms with van der Waals surface area (Å²) in [5, 5.41) is 5.58. The quantitative estimate of drug-likeness (QED) is 0.324. The smallest absolute Gasteiger partial charge is 0.244 e. The van der Waals surface area contributed by atoms with E-state index in [1.165, 1.54) is 21.9 Å². The number of aromatic nitrogens is 1. The lowest BCUT2D eigenvalue weighted by Crippen LogP contribution is -2.33. The Hall–Kier alpha value is -3.14. The highest BCUT2D eigenvalue weighted by molar-refractivity contribution is 5.94. The second-order valence-electron chi connectivity index (χ2n) is 8.52. The first-order valence-electron chi connectivity index (χ1n) is 12.1. The summed E-state index contributed by atoms with van der Waals surface area (Å²) < 4.78 is 5.38. The van der Waals surface area contributed by atoms with Gasteiger partial charge in [-0.15, -0.1) is 0 Å². The van der Waals surface area contributed by atoms with E-state index in [2.05, 4.69) is 54.5 Å². The molecule has 1 amide bonds. The summed E-state index contributed by atoms with van der Waals surface area (Å²) in [5.41, 5.74) is 3.65. The zero-order valence-electron chi connectivity index (χ0n) is 20.1. The van der Waals surface area contributed by atoms with Crippen LogP contribution < -0.4 is 10.1 Å². The van der Waals surface area contributed by atoms with Gasteiger partial charge in [0.05, 0.1) is 7.11 Å². The van der Waals surface area contributed by atoms with E-state index in [-0.39, 0.29) is 11.9 Å². The lowest BCUT2D eigenvalue weighted by atomic mass is 9.94. The highest BCUT2D eigenvalue weighted by atomic mass is 16.5. The summed E-state index contributed by atoms with van der Waals surface area (Å²) in [6.45, 7) is 4.33. The first-order valence-corrected chi connectivity index (χ1v) is 12.1. The fourth-order valence-corrected chi connectivity index (χ4v) is 4.20. The van der Waals surface area contributed by atoms with E-state index < -0.39 is 0 Å². The van der Waals surface area contributed by atoms with Crippen molar-refractivity contribution in [2.24, 2.45) is 0 Å². The highest BCUT2D eigenvalue weighted by Crippen LogP contribution is 2.28. The molecular weight excluding hydrogens is 408 g/mol. The summed E-state index contributed by atoms with van der Waals surface area (Å²) in [5.74, 6) is 0.834. The van der Waals surface area contributed by atoms with E-state index in [0.29, 0.717) is 0 Å². The lowest BCUT2D eigenvalue weighted by molar-refractivity contribution is -0.117. The summed E-state index contributed by atoms with van der Waals surface area (Å²) in [6, 6.07) is 14.7. The van der Waals surface area contributed by atoms with Crippen molar-refractivity contribution in [3.8, 4) is 5.75 Å². The van der Waals surface area contributed by atoms with Gasteiger partial charge < -0.3 is 10.1 Å². The maximum Gasteiger partial charge on any atom is 0.244 e. The molecule has 0 fully saturated rings. The molecule has 4 heteroatoms. The molecule has 2 aromatic carbocycles. The number of rotatable bonds is 12. The number of nitrogens with one attached hydrogen (secondary N) is 1. The largest absolute Gasteiger partial charge is 0.497 e. The van der Waals surface area contributed by atoms with Gasteiger partial charge in [-0.2, -0.15) is 0 Å². The van der Waals surface area contributed by atoms with Crippen LogP contribution in [0.25, 0.3) is 16.8 Å². The summed E-state index contributed by atoms with van der Waals surface area (Å²) in [4.78, 5) is 16.8. The molecule has 0 aliphatic carbocycles. The SMILES string of the molecule is CCCCc1c(/C=C/C(=O)NC(CC)CCCc2cccnc2)ccc2cc(OC)ccc12. The van der Waals surface area contributed by atoms with E-state index in [1.54, 1.807) is 19.4 Å². The number of aryl methyl sites for hydroxylation is 2. The standard InChI is InChI=1S/C29H36N2O2/c1-4-6-12-27-23(13-14-24-20-26(33-3)16-17-28(24)27)15-18-29(32)31-25(5-2)11-7-9-22-10-8-19-30-21-22/h8,10,13-21,25H,4-7,9,11-12H2,1-3H3,(H,31,32)/b18-15+. The molecule has 0 aliphatic rings. The highest BCUT2D eigenvalue weighted by Gasteiger charge is 2.10. The van der Waals surface area contributed by atoms with Gasteiger partial charge in [0, 0.05) is 24.5 Å². The zero-order valence-corrected chi connectivity index (χ0v) is 20.1. The molecule has 1 aromatic heterocycles. The van der Waals surface area contributed by atoms with Gasteiger partial charge in [0.25, 0.3) is 0 Å². The van der Waals surface area contributed by atoms with Crippen molar-refractivity contribution in [3.63, 3.8) is 0 Å². The van der Waals surface area contributed by atoms with Crippen molar-refractivity contribution in [1.82, 2.24) is 10.3 Å². The Kier molecular flexibility index (Phi) is 9.49. The number of unbranched alkanes of at least 4 members (excludes halogenated alkanes) is 1. The maximum atomic E-state index is 12.7. The number of fused-ring (bicyclic) bond motifs is 1. The van der Waals surface area contributed by atoms with Crippen LogP contribution >= 0.6 is 0 Å².